The molecule has 2 nitrogen and oxygen atoms in total. The predicted octanol–water partition coefficient (Wildman–Crippen LogP) is 4.92. The SMILES string of the molecule is CC(C)CCCC(C)Nc1nc2ccccc2s1. The van der Waals surface area contributed by atoms with Crippen LogP contribution in [0.1, 0.15) is 40.0 Å². The molecule has 0 saturated carbocycles. The zero-order chi connectivity index (χ0) is 13.0. The third-order valence-corrected chi connectivity index (χ3v) is 4.05. The number of rotatable bonds is 6. The molecule has 0 aliphatic rings. The lowest BCUT2D eigenvalue weighted by Gasteiger charge is -2.13. The van der Waals surface area contributed by atoms with Crippen LogP contribution in [0.25, 0.3) is 10.2 Å². The molecule has 0 aliphatic carbocycles. The van der Waals surface area contributed by atoms with Crippen LogP contribution in [0.15, 0.2) is 24.3 Å². The summed E-state index contributed by atoms with van der Waals surface area (Å²) in [6.07, 6.45) is 3.82. The summed E-state index contributed by atoms with van der Waals surface area (Å²) in [6.45, 7) is 6.81. The first kappa shape index (κ1) is 13.3. The van der Waals surface area contributed by atoms with Crippen LogP contribution in [-0.2, 0) is 0 Å². The third kappa shape index (κ3) is 3.70. The summed E-state index contributed by atoms with van der Waals surface area (Å²) >= 11 is 1.74. The quantitative estimate of drug-likeness (QED) is 0.799. The van der Waals surface area contributed by atoms with Crippen molar-refractivity contribution < 1.29 is 0 Å². The summed E-state index contributed by atoms with van der Waals surface area (Å²) in [6, 6.07) is 8.81. The van der Waals surface area contributed by atoms with Gasteiger partial charge in [0.25, 0.3) is 0 Å². The van der Waals surface area contributed by atoms with Gasteiger partial charge in [-0.15, -0.1) is 0 Å². The minimum atomic E-state index is 0.504. The van der Waals surface area contributed by atoms with Crippen LogP contribution in [-0.4, -0.2) is 11.0 Å². The first-order valence-corrected chi connectivity index (χ1v) is 7.59. The highest BCUT2D eigenvalue weighted by Crippen LogP contribution is 2.26. The zero-order valence-electron chi connectivity index (χ0n) is 11.4. The fraction of sp³-hybridized carbons (Fsp3) is 0.533. The van der Waals surface area contributed by atoms with Gasteiger partial charge < -0.3 is 5.32 Å². The molecule has 0 fully saturated rings. The fourth-order valence-electron chi connectivity index (χ4n) is 2.05. The van der Waals surface area contributed by atoms with Crippen LogP contribution in [0, 0.1) is 5.92 Å². The van der Waals surface area contributed by atoms with Gasteiger partial charge >= 0.3 is 0 Å². The number of hydrogen-bond acceptors (Lipinski definition) is 3. The van der Waals surface area contributed by atoms with E-state index in [4.69, 9.17) is 0 Å². The molecule has 0 saturated heterocycles. The largest absolute Gasteiger partial charge is 0.359 e. The second-order valence-corrected chi connectivity index (χ2v) is 6.39. The van der Waals surface area contributed by atoms with Crippen molar-refractivity contribution in [3.05, 3.63) is 24.3 Å². The first-order valence-electron chi connectivity index (χ1n) is 6.77. The van der Waals surface area contributed by atoms with Crippen molar-refractivity contribution in [3.63, 3.8) is 0 Å². The predicted molar refractivity (Wildman–Crippen MR) is 81.4 cm³/mol. The molecule has 1 aromatic heterocycles. The first-order chi connectivity index (χ1) is 8.65. The molecule has 18 heavy (non-hydrogen) atoms. The number of nitrogens with one attached hydrogen (secondary N) is 1. The van der Waals surface area contributed by atoms with Crippen LogP contribution in [0.4, 0.5) is 5.13 Å². The Labute approximate surface area is 113 Å². The van der Waals surface area contributed by atoms with Gasteiger partial charge in [-0.3, -0.25) is 0 Å². The summed E-state index contributed by atoms with van der Waals surface area (Å²) < 4.78 is 1.26. The van der Waals surface area contributed by atoms with E-state index in [9.17, 15) is 0 Å². The second-order valence-electron chi connectivity index (χ2n) is 5.36. The van der Waals surface area contributed by atoms with Gasteiger partial charge in [-0.1, -0.05) is 50.2 Å². The lowest BCUT2D eigenvalue weighted by atomic mass is 10.0. The lowest BCUT2D eigenvalue weighted by Crippen LogP contribution is -2.14. The van der Waals surface area contributed by atoms with E-state index < -0.39 is 0 Å². The van der Waals surface area contributed by atoms with Gasteiger partial charge in [-0.25, -0.2) is 4.98 Å². The molecule has 2 aromatic rings. The summed E-state index contributed by atoms with van der Waals surface area (Å²) in [7, 11) is 0. The van der Waals surface area contributed by atoms with Crippen LogP contribution >= 0.6 is 11.3 Å². The van der Waals surface area contributed by atoms with Crippen molar-refractivity contribution in [1.82, 2.24) is 4.98 Å². The van der Waals surface area contributed by atoms with Crippen LogP contribution < -0.4 is 5.32 Å². The number of benzene rings is 1. The van der Waals surface area contributed by atoms with Crippen molar-refractivity contribution >= 4 is 26.7 Å². The van der Waals surface area contributed by atoms with Gasteiger partial charge in [0.05, 0.1) is 10.2 Å². The average Bonchev–Trinajstić information content (AvgIpc) is 2.70. The highest BCUT2D eigenvalue weighted by molar-refractivity contribution is 7.22. The fourth-order valence-corrected chi connectivity index (χ4v) is 3.03. The van der Waals surface area contributed by atoms with E-state index in [1.807, 2.05) is 6.07 Å². The Hall–Kier alpha value is -1.09. The van der Waals surface area contributed by atoms with Gasteiger partial charge in [-0.05, 0) is 31.4 Å². The van der Waals surface area contributed by atoms with E-state index in [0.717, 1.165) is 16.6 Å². The number of nitrogens with zero attached hydrogens (tertiary/aromatic N) is 1. The lowest BCUT2D eigenvalue weighted by molar-refractivity contribution is 0.520. The molecule has 1 N–H and O–H groups in total. The van der Waals surface area contributed by atoms with Crippen molar-refractivity contribution in [2.24, 2.45) is 5.92 Å². The summed E-state index contributed by atoms with van der Waals surface area (Å²) in [5, 5.41) is 4.56. The molecular weight excluding hydrogens is 240 g/mol. The normalized spacial score (nSPS) is 13.1. The van der Waals surface area contributed by atoms with Gasteiger partial charge in [-0.2, -0.15) is 0 Å². The minimum Gasteiger partial charge on any atom is -0.359 e. The molecule has 0 aliphatic heterocycles. The number of thiazole rings is 1. The topological polar surface area (TPSA) is 24.9 Å². The van der Waals surface area contributed by atoms with Crippen molar-refractivity contribution in [2.75, 3.05) is 5.32 Å². The van der Waals surface area contributed by atoms with E-state index >= 15 is 0 Å². The third-order valence-electron chi connectivity index (χ3n) is 3.08. The minimum absolute atomic E-state index is 0.504. The van der Waals surface area contributed by atoms with Gasteiger partial charge in [0, 0.05) is 6.04 Å². The van der Waals surface area contributed by atoms with Gasteiger partial charge in [0.2, 0.25) is 0 Å². The van der Waals surface area contributed by atoms with Crippen molar-refractivity contribution in [3.8, 4) is 0 Å². The van der Waals surface area contributed by atoms with Gasteiger partial charge in [0.15, 0.2) is 5.13 Å². The van der Waals surface area contributed by atoms with E-state index in [-0.39, 0.29) is 0 Å². The van der Waals surface area contributed by atoms with Crippen molar-refractivity contribution in [2.45, 2.75) is 46.1 Å². The van der Waals surface area contributed by atoms with Crippen LogP contribution in [0.3, 0.4) is 0 Å². The summed E-state index contributed by atoms with van der Waals surface area (Å²) in [5.41, 5.74) is 1.10. The maximum atomic E-state index is 4.60. The van der Waals surface area contributed by atoms with E-state index in [1.54, 1.807) is 11.3 Å². The number of aromatic nitrogens is 1. The average molecular weight is 262 g/mol. The van der Waals surface area contributed by atoms with E-state index in [1.165, 1.54) is 24.0 Å². The maximum Gasteiger partial charge on any atom is 0.183 e. The molecule has 0 amide bonds. The smallest absolute Gasteiger partial charge is 0.183 e. The highest BCUT2D eigenvalue weighted by atomic mass is 32.1. The molecule has 0 bridgehead atoms. The maximum absolute atomic E-state index is 4.60. The summed E-state index contributed by atoms with van der Waals surface area (Å²) in [4.78, 5) is 4.60. The standard InChI is InChI=1S/C15H22N2S/c1-11(2)7-6-8-12(3)16-15-17-13-9-4-5-10-14(13)18-15/h4-5,9-12H,6-8H2,1-3H3,(H,16,17). The second kappa shape index (κ2) is 6.19. The van der Waals surface area contributed by atoms with E-state index in [2.05, 4.69) is 49.3 Å². The molecule has 1 aromatic carbocycles. The molecule has 3 heteroatoms. The Morgan fingerprint density at radius 1 is 1.17 bits per heavy atom. The Kier molecular flexibility index (Phi) is 4.59. The zero-order valence-corrected chi connectivity index (χ0v) is 12.3. The van der Waals surface area contributed by atoms with Crippen LogP contribution in [0.2, 0.25) is 0 Å². The van der Waals surface area contributed by atoms with Crippen molar-refractivity contribution in [1.29, 1.82) is 0 Å². The number of hydrogen-bond donors (Lipinski definition) is 1. The molecular formula is C15H22N2S. The van der Waals surface area contributed by atoms with E-state index in [0.29, 0.717) is 6.04 Å². The highest BCUT2D eigenvalue weighted by Gasteiger charge is 2.07. The summed E-state index contributed by atoms with van der Waals surface area (Å²) in [5.74, 6) is 0.805. The Bertz CT molecular complexity index is 457. The number of anilines is 1. The number of para-hydroxylation sites is 1. The Morgan fingerprint density at radius 3 is 2.67 bits per heavy atom. The van der Waals surface area contributed by atoms with Crippen LogP contribution in [0.5, 0.6) is 0 Å². The molecule has 1 heterocycles. The monoisotopic (exact) mass is 262 g/mol. The molecule has 2 rings (SSSR count). The molecule has 1 atom stereocenters. The molecule has 0 spiro atoms. The molecule has 98 valence electrons. The van der Waals surface area contributed by atoms with Gasteiger partial charge in [0.1, 0.15) is 0 Å². The Morgan fingerprint density at radius 2 is 1.94 bits per heavy atom. The Balaban J connectivity index is 1.88. The number of fused-ring (bicyclic) bond motifs is 1. The molecule has 1 unspecified atom stereocenters. The molecule has 0 radical (unpaired) electrons.